The molecular weight excluding hydrogens is 436 g/mol. The highest BCUT2D eigenvalue weighted by molar-refractivity contribution is 5.97. The lowest BCUT2D eigenvalue weighted by Crippen LogP contribution is -2.46. The Morgan fingerprint density at radius 2 is 1.49 bits per heavy atom. The third kappa shape index (κ3) is 5.70. The molecule has 0 atom stereocenters. The Kier molecular flexibility index (Phi) is 7.36. The molecule has 1 amide bonds. The Labute approximate surface area is 206 Å². The van der Waals surface area contributed by atoms with E-state index in [1.807, 2.05) is 64.1 Å². The number of amides is 1. The van der Waals surface area contributed by atoms with Gasteiger partial charge in [-0.05, 0) is 42.8 Å². The van der Waals surface area contributed by atoms with Crippen molar-refractivity contribution in [3.8, 4) is 11.5 Å². The van der Waals surface area contributed by atoms with E-state index in [1.54, 1.807) is 6.20 Å². The number of hydrogen-bond donors (Lipinski definition) is 1. The molecule has 1 saturated heterocycles. The minimum Gasteiger partial charge on any atom is -0.352 e. The van der Waals surface area contributed by atoms with Gasteiger partial charge in [0.2, 0.25) is 0 Å². The van der Waals surface area contributed by atoms with Crippen molar-refractivity contribution in [2.75, 3.05) is 39.3 Å². The van der Waals surface area contributed by atoms with Crippen molar-refractivity contribution < 1.29 is 4.79 Å². The summed E-state index contributed by atoms with van der Waals surface area (Å²) >= 11 is 0. The Balaban J connectivity index is 1.12. The number of nitrogens with one attached hydrogen (secondary N) is 1. The van der Waals surface area contributed by atoms with Crippen molar-refractivity contribution in [1.29, 1.82) is 0 Å². The van der Waals surface area contributed by atoms with Gasteiger partial charge in [-0.15, -0.1) is 0 Å². The Morgan fingerprint density at radius 3 is 2.20 bits per heavy atom. The molecule has 7 heteroatoms. The summed E-state index contributed by atoms with van der Waals surface area (Å²) < 4.78 is 3.74. The Hall–Kier alpha value is -3.68. The number of piperazine rings is 1. The van der Waals surface area contributed by atoms with Gasteiger partial charge in [-0.3, -0.25) is 9.69 Å². The number of benzene rings is 2. The van der Waals surface area contributed by atoms with Crippen molar-refractivity contribution in [2.24, 2.45) is 0 Å². The van der Waals surface area contributed by atoms with Crippen LogP contribution in [-0.2, 0) is 6.54 Å². The molecule has 0 radical (unpaired) electrons. The van der Waals surface area contributed by atoms with Crippen molar-refractivity contribution in [1.82, 2.24) is 29.5 Å². The van der Waals surface area contributed by atoms with Gasteiger partial charge in [0.05, 0.1) is 11.9 Å². The largest absolute Gasteiger partial charge is 0.352 e. The molecule has 180 valence electrons. The maximum absolute atomic E-state index is 13.1. The average Bonchev–Trinajstić information content (AvgIpc) is 3.59. The minimum absolute atomic E-state index is 0.0939. The van der Waals surface area contributed by atoms with E-state index in [0.717, 1.165) is 57.2 Å². The quantitative estimate of drug-likeness (QED) is 0.382. The maximum Gasteiger partial charge on any atom is 0.256 e. The second kappa shape index (κ2) is 11.2. The third-order valence-electron chi connectivity index (χ3n) is 6.49. The Morgan fingerprint density at radius 1 is 0.829 bits per heavy atom. The standard InChI is InChI=1S/C28H32N6O/c35-27(26-22-30-34(25-12-5-2-6-13-25)28(26)33-16-7-8-17-33)29-14-9-15-31-18-20-32(21-19-31)23-24-10-3-1-4-11-24/h1-8,10-13,16-17,22H,9,14-15,18-21,23H2,(H,29,35). The van der Waals surface area contributed by atoms with Crippen LogP contribution in [0, 0.1) is 0 Å². The van der Waals surface area contributed by atoms with Gasteiger partial charge < -0.3 is 14.8 Å². The van der Waals surface area contributed by atoms with E-state index in [1.165, 1.54) is 5.56 Å². The van der Waals surface area contributed by atoms with E-state index in [2.05, 4.69) is 50.5 Å². The molecule has 2 aromatic heterocycles. The predicted molar refractivity (Wildman–Crippen MR) is 138 cm³/mol. The zero-order valence-electron chi connectivity index (χ0n) is 20.0. The molecule has 35 heavy (non-hydrogen) atoms. The summed E-state index contributed by atoms with van der Waals surface area (Å²) in [5.74, 6) is 0.650. The lowest BCUT2D eigenvalue weighted by atomic mass is 10.2. The molecule has 5 rings (SSSR count). The zero-order chi connectivity index (χ0) is 23.9. The zero-order valence-corrected chi connectivity index (χ0v) is 20.0. The molecule has 1 fully saturated rings. The topological polar surface area (TPSA) is 58.3 Å². The van der Waals surface area contributed by atoms with Gasteiger partial charge in [0.15, 0.2) is 5.82 Å². The van der Waals surface area contributed by atoms with Crippen molar-refractivity contribution >= 4 is 5.91 Å². The number of carbonyl (C=O) groups excluding carboxylic acids is 1. The number of nitrogens with zero attached hydrogens (tertiary/aromatic N) is 5. The van der Waals surface area contributed by atoms with E-state index in [-0.39, 0.29) is 5.91 Å². The summed E-state index contributed by atoms with van der Waals surface area (Å²) in [5, 5.41) is 7.63. The van der Waals surface area contributed by atoms with E-state index in [0.29, 0.717) is 12.1 Å². The first-order valence-corrected chi connectivity index (χ1v) is 12.3. The van der Waals surface area contributed by atoms with Crippen molar-refractivity contribution in [3.05, 3.63) is 103 Å². The summed E-state index contributed by atoms with van der Waals surface area (Å²) in [6, 6.07) is 24.4. The smallest absolute Gasteiger partial charge is 0.256 e. The first kappa shape index (κ1) is 23.1. The van der Waals surface area contributed by atoms with Crippen LogP contribution in [0.4, 0.5) is 0 Å². The van der Waals surface area contributed by atoms with Gasteiger partial charge in [-0.2, -0.15) is 5.10 Å². The predicted octanol–water partition coefficient (Wildman–Crippen LogP) is 3.60. The Bertz CT molecular complexity index is 1200. The van der Waals surface area contributed by atoms with E-state index in [9.17, 15) is 4.79 Å². The van der Waals surface area contributed by atoms with E-state index in [4.69, 9.17) is 0 Å². The van der Waals surface area contributed by atoms with Crippen LogP contribution in [0.15, 0.2) is 91.4 Å². The number of carbonyl (C=O) groups is 1. The highest BCUT2D eigenvalue weighted by Crippen LogP contribution is 2.19. The molecule has 0 spiro atoms. The van der Waals surface area contributed by atoms with E-state index >= 15 is 0 Å². The van der Waals surface area contributed by atoms with Crippen LogP contribution in [0.2, 0.25) is 0 Å². The number of hydrogen-bond acceptors (Lipinski definition) is 4. The van der Waals surface area contributed by atoms with Crippen LogP contribution in [-0.4, -0.2) is 69.3 Å². The molecule has 1 N–H and O–H groups in total. The second-order valence-electron chi connectivity index (χ2n) is 8.93. The van der Waals surface area contributed by atoms with Crippen LogP contribution in [0.3, 0.4) is 0 Å². The van der Waals surface area contributed by atoms with Crippen LogP contribution < -0.4 is 5.32 Å². The van der Waals surface area contributed by atoms with Gasteiger partial charge in [0.25, 0.3) is 5.91 Å². The number of rotatable bonds is 9. The molecule has 0 unspecified atom stereocenters. The fourth-order valence-electron chi connectivity index (χ4n) is 4.60. The van der Waals surface area contributed by atoms with Crippen molar-refractivity contribution in [3.63, 3.8) is 0 Å². The second-order valence-corrected chi connectivity index (χ2v) is 8.93. The molecule has 2 aromatic carbocycles. The lowest BCUT2D eigenvalue weighted by molar-refractivity contribution is 0.0947. The number of aromatic nitrogens is 3. The number of para-hydroxylation sites is 1. The molecular formula is C28H32N6O. The van der Waals surface area contributed by atoms with Gasteiger partial charge >= 0.3 is 0 Å². The molecule has 1 aliphatic rings. The normalized spacial score (nSPS) is 14.7. The monoisotopic (exact) mass is 468 g/mol. The average molecular weight is 469 g/mol. The third-order valence-corrected chi connectivity index (χ3v) is 6.49. The van der Waals surface area contributed by atoms with Crippen LogP contribution >= 0.6 is 0 Å². The summed E-state index contributed by atoms with van der Waals surface area (Å²) in [5.41, 5.74) is 2.86. The molecule has 3 heterocycles. The van der Waals surface area contributed by atoms with Gasteiger partial charge in [0.1, 0.15) is 5.56 Å². The molecule has 0 bridgehead atoms. The van der Waals surface area contributed by atoms with Gasteiger partial charge in [-0.25, -0.2) is 4.68 Å². The summed E-state index contributed by atoms with van der Waals surface area (Å²) in [4.78, 5) is 18.1. The van der Waals surface area contributed by atoms with Crippen molar-refractivity contribution in [2.45, 2.75) is 13.0 Å². The van der Waals surface area contributed by atoms with Gasteiger partial charge in [0, 0.05) is 51.7 Å². The molecule has 1 aliphatic heterocycles. The molecule has 0 saturated carbocycles. The molecule has 7 nitrogen and oxygen atoms in total. The highest BCUT2D eigenvalue weighted by atomic mass is 16.1. The molecule has 4 aromatic rings. The summed E-state index contributed by atoms with van der Waals surface area (Å²) in [6.07, 6.45) is 6.45. The fourth-order valence-corrected chi connectivity index (χ4v) is 4.60. The SMILES string of the molecule is O=C(NCCCN1CCN(Cc2ccccc2)CC1)c1cnn(-c2ccccc2)c1-n1cccc1. The maximum atomic E-state index is 13.1. The lowest BCUT2D eigenvalue weighted by Gasteiger charge is -2.34. The highest BCUT2D eigenvalue weighted by Gasteiger charge is 2.20. The fraction of sp³-hybridized carbons (Fsp3) is 0.286. The van der Waals surface area contributed by atoms with Crippen LogP contribution in [0.1, 0.15) is 22.3 Å². The summed E-state index contributed by atoms with van der Waals surface area (Å²) in [7, 11) is 0. The molecule has 0 aliphatic carbocycles. The first-order chi connectivity index (χ1) is 17.3. The summed E-state index contributed by atoms with van der Waals surface area (Å²) in [6.45, 7) is 6.97. The van der Waals surface area contributed by atoms with Crippen LogP contribution in [0.5, 0.6) is 0 Å². The van der Waals surface area contributed by atoms with Gasteiger partial charge in [-0.1, -0.05) is 48.5 Å². The van der Waals surface area contributed by atoms with E-state index < -0.39 is 0 Å². The first-order valence-electron chi connectivity index (χ1n) is 12.3. The minimum atomic E-state index is -0.0939. The van der Waals surface area contributed by atoms with Crippen LogP contribution in [0.25, 0.3) is 11.5 Å².